The van der Waals surface area contributed by atoms with E-state index in [-0.39, 0.29) is 41.9 Å². The van der Waals surface area contributed by atoms with Crippen LogP contribution in [0, 0.1) is 17.3 Å². The fraction of sp³-hybridized carbons (Fsp3) is 0.800. The topological polar surface area (TPSA) is 95.5 Å². The van der Waals surface area contributed by atoms with E-state index in [4.69, 9.17) is 5.11 Å². The molecule has 1 saturated heterocycles. The lowest BCUT2D eigenvalue weighted by atomic mass is 9.76. The SMILES string of the molecule is CC(C)(C)C(CCNC(=O)C1CNC(=O)C1)CCC(=O)O. The first-order valence-corrected chi connectivity index (χ1v) is 7.46. The number of carbonyl (C=O) groups excluding carboxylic acids is 2. The van der Waals surface area contributed by atoms with E-state index in [9.17, 15) is 14.4 Å². The molecule has 0 saturated carbocycles. The van der Waals surface area contributed by atoms with Crippen LogP contribution in [-0.2, 0) is 14.4 Å². The van der Waals surface area contributed by atoms with Gasteiger partial charge in [0.05, 0.1) is 5.92 Å². The second-order valence-electron chi connectivity index (χ2n) is 6.78. The van der Waals surface area contributed by atoms with Crippen molar-refractivity contribution in [1.82, 2.24) is 10.6 Å². The van der Waals surface area contributed by atoms with E-state index in [0.29, 0.717) is 19.5 Å². The number of carboxylic acids is 1. The summed E-state index contributed by atoms with van der Waals surface area (Å²) in [5.41, 5.74) is 0.00502. The molecule has 0 aliphatic carbocycles. The zero-order valence-electron chi connectivity index (χ0n) is 13.1. The van der Waals surface area contributed by atoms with Gasteiger partial charge in [0.25, 0.3) is 0 Å². The highest BCUT2D eigenvalue weighted by molar-refractivity contribution is 5.89. The van der Waals surface area contributed by atoms with Gasteiger partial charge in [-0.1, -0.05) is 20.8 Å². The van der Waals surface area contributed by atoms with Crippen LogP contribution >= 0.6 is 0 Å². The predicted molar refractivity (Wildman–Crippen MR) is 78.6 cm³/mol. The van der Waals surface area contributed by atoms with Gasteiger partial charge in [-0.15, -0.1) is 0 Å². The summed E-state index contributed by atoms with van der Waals surface area (Å²) in [5, 5.41) is 14.3. The Bertz CT molecular complexity index is 401. The standard InChI is InChI=1S/C15H26N2O4/c1-15(2,3)11(4-5-13(19)20)6-7-16-14(21)10-8-12(18)17-9-10/h10-11H,4-9H2,1-3H3,(H,16,21)(H,17,18)(H,19,20). The molecule has 3 N–H and O–H groups in total. The fourth-order valence-corrected chi connectivity index (χ4v) is 2.61. The normalized spacial score (nSPS) is 20.0. The van der Waals surface area contributed by atoms with Crippen LogP contribution in [0.3, 0.4) is 0 Å². The third kappa shape index (κ3) is 6.14. The van der Waals surface area contributed by atoms with Gasteiger partial charge in [-0.3, -0.25) is 14.4 Å². The number of carboxylic acid groups (broad SMARTS) is 1. The number of hydrogen-bond acceptors (Lipinski definition) is 3. The van der Waals surface area contributed by atoms with Crippen molar-refractivity contribution in [1.29, 1.82) is 0 Å². The average molecular weight is 298 g/mol. The summed E-state index contributed by atoms with van der Waals surface area (Å²) in [5.74, 6) is -1.01. The van der Waals surface area contributed by atoms with Crippen LogP contribution in [0.15, 0.2) is 0 Å². The molecule has 6 nitrogen and oxygen atoms in total. The molecule has 1 fully saturated rings. The van der Waals surface area contributed by atoms with Gasteiger partial charge in [-0.25, -0.2) is 0 Å². The zero-order valence-corrected chi connectivity index (χ0v) is 13.1. The summed E-state index contributed by atoms with van der Waals surface area (Å²) < 4.78 is 0. The van der Waals surface area contributed by atoms with Gasteiger partial charge in [0.15, 0.2) is 0 Å². The minimum absolute atomic E-state index is 0.00502. The lowest BCUT2D eigenvalue weighted by Gasteiger charge is -2.30. The first kappa shape index (κ1) is 17.5. The summed E-state index contributed by atoms with van der Waals surface area (Å²) in [6.45, 7) is 7.18. The molecule has 2 atom stereocenters. The van der Waals surface area contributed by atoms with E-state index in [2.05, 4.69) is 31.4 Å². The molecule has 6 heteroatoms. The Balaban J connectivity index is 2.37. The highest BCUT2D eigenvalue weighted by atomic mass is 16.4. The smallest absolute Gasteiger partial charge is 0.303 e. The Labute approximate surface area is 125 Å². The van der Waals surface area contributed by atoms with Gasteiger partial charge in [0.2, 0.25) is 11.8 Å². The highest BCUT2D eigenvalue weighted by Crippen LogP contribution is 2.32. The summed E-state index contributed by atoms with van der Waals surface area (Å²) >= 11 is 0. The Hall–Kier alpha value is -1.59. The van der Waals surface area contributed by atoms with Gasteiger partial charge in [-0.2, -0.15) is 0 Å². The Morgan fingerprint density at radius 1 is 1.38 bits per heavy atom. The molecule has 1 rings (SSSR count). The lowest BCUT2D eigenvalue weighted by Crippen LogP contribution is -2.34. The molecule has 0 bridgehead atoms. The first-order chi connectivity index (χ1) is 9.70. The minimum atomic E-state index is -0.788. The third-order valence-corrected chi connectivity index (χ3v) is 4.07. The molecule has 0 aromatic carbocycles. The minimum Gasteiger partial charge on any atom is -0.481 e. The van der Waals surface area contributed by atoms with Gasteiger partial charge in [-0.05, 0) is 24.2 Å². The van der Waals surface area contributed by atoms with Crippen molar-refractivity contribution in [3.05, 3.63) is 0 Å². The summed E-state index contributed by atoms with van der Waals surface area (Å²) in [7, 11) is 0. The van der Waals surface area contributed by atoms with Gasteiger partial charge < -0.3 is 15.7 Å². The second-order valence-corrected chi connectivity index (χ2v) is 6.78. The quantitative estimate of drug-likeness (QED) is 0.657. The molecular weight excluding hydrogens is 272 g/mol. The maximum Gasteiger partial charge on any atom is 0.303 e. The molecule has 0 aromatic rings. The van der Waals surface area contributed by atoms with E-state index < -0.39 is 5.97 Å². The molecule has 120 valence electrons. The summed E-state index contributed by atoms with van der Waals surface area (Å²) in [4.78, 5) is 33.7. The van der Waals surface area contributed by atoms with E-state index >= 15 is 0 Å². The van der Waals surface area contributed by atoms with E-state index in [1.165, 1.54) is 0 Å². The van der Waals surface area contributed by atoms with Gasteiger partial charge in [0.1, 0.15) is 0 Å². The number of hydrogen-bond donors (Lipinski definition) is 3. The molecule has 1 aliphatic heterocycles. The lowest BCUT2D eigenvalue weighted by molar-refractivity contribution is -0.137. The molecule has 1 heterocycles. The number of aliphatic carboxylic acids is 1. The van der Waals surface area contributed by atoms with E-state index in [1.807, 2.05) is 0 Å². The molecular formula is C15H26N2O4. The third-order valence-electron chi connectivity index (χ3n) is 4.07. The molecule has 0 aromatic heterocycles. The van der Waals surface area contributed by atoms with Crippen LogP contribution in [-0.4, -0.2) is 36.0 Å². The maximum absolute atomic E-state index is 11.9. The van der Waals surface area contributed by atoms with Crippen molar-refractivity contribution < 1.29 is 19.5 Å². The van der Waals surface area contributed by atoms with Crippen molar-refractivity contribution in [2.45, 2.75) is 46.5 Å². The van der Waals surface area contributed by atoms with Crippen LogP contribution in [0.5, 0.6) is 0 Å². The van der Waals surface area contributed by atoms with E-state index in [0.717, 1.165) is 6.42 Å². The monoisotopic (exact) mass is 298 g/mol. The van der Waals surface area contributed by atoms with Crippen molar-refractivity contribution >= 4 is 17.8 Å². The number of rotatable bonds is 7. The van der Waals surface area contributed by atoms with E-state index in [1.54, 1.807) is 0 Å². The van der Waals surface area contributed by atoms with Crippen LogP contribution in [0.2, 0.25) is 0 Å². The maximum atomic E-state index is 11.9. The van der Waals surface area contributed by atoms with Crippen molar-refractivity contribution in [2.75, 3.05) is 13.1 Å². The predicted octanol–water partition coefficient (Wildman–Crippen LogP) is 1.16. The highest BCUT2D eigenvalue weighted by Gasteiger charge is 2.29. The Kier molecular flexibility index (Phi) is 6.18. The molecule has 0 spiro atoms. The second kappa shape index (κ2) is 7.43. The summed E-state index contributed by atoms with van der Waals surface area (Å²) in [6, 6.07) is 0. The Morgan fingerprint density at radius 2 is 2.05 bits per heavy atom. The van der Waals surface area contributed by atoms with Crippen molar-refractivity contribution in [2.24, 2.45) is 17.3 Å². The number of carbonyl (C=O) groups is 3. The molecule has 21 heavy (non-hydrogen) atoms. The van der Waals surface area contributed by atoms with Crippen molar-refractivity contribution in [3.8, 4) is 0 Å². The molecule has 2 unspecified atom stereocenters. The fourth-order valence-electron chi connectivity index (χ4n) is 2.61. The summed E-state index contributed by atoms with van der Waals surface area (Å²) in [6.07, 6.45) is 1.76. The van der Waals surface area contributed by atoms with Crippen LogP contribution in [0.4, 0.5) is 0 Å². The molecule has 2 amide bonds. The average Bonchev–Trinajstić information content (AvgIpc) is 2.78. The molecule has 1 aliphatic rings. The Morgan fingerprint density at radius 3 is 2.52 bits per heavy atom. The number of nitrogens with one attached hydrogen (secondary N) is 2. The number of amides is 2. The van der Waals surface area contributed by atoms with Gasteiger partial charge in [0, 0.05) is 25.9 Å². The first-order valence-electron chi connectivity index (χ1n) is 7.46. The zero-order chi connectivity index (χ0) is 16.0. The molecule has 0 radical (unpaired) electrons. The van der Waals surface area contributed by atoms with Crippen LogP contribution in [0.1, 0.15) is 46.5 Å². The largest absolute Gasteiger partial charge is 0.481 e. The van der Waals surface area contributed by atoms with Crippen LogP contribution in [0.25, 0.3) is 0 Å². The van der Waals surface area contributed by atoms with Crippen molar-refractivity contribution in [3.63, 3.8) is 0 Å². The van der Waals surface area contributed by atoms with Gasteiger partial charge >= 0.3 is 5.97 Å². The van der Waals surface area contributed by atoms with Crippen LogP contribution < -0.4 is 10.6 Å².